The van der Waals surface area contributed by atoms with Crippen LogP contribution in [0.25, 0.3) is 0 Å². The first-order valence-electron chi connectivity index (χ1n) is 15.5. The number of aryl methyl sites for hydroxylation is 2. The van der Waals surface area contributed by atoms with Gasteiger partial charge >= 0.3 is 0 Å². The third kappa shape index (κ3) is 10.4. The molecule has 1 aliphatic rings. The van der Waals surface area contributed by atoms with Gasteiger partial charge in [-0.15, -0.1) is 10.2 Å². The molecule has 2 unspecified atom stereocenters. The van der Waals surface area contributed by atoms with E-state index < -0.39 is 0 Å². The molecule has 2 aromatic carbocycles. The predicted octanol–water partition coefficient (Wildman–Crippen LogP) is 7.09. The van der Waals surface area contributed by atoms with E-state index in [4.69, 9.17) is 4.74 Å². The van der Waals surface area contributed by atoms with Crippen molar-refractivity contribution in [3.05, 3.63) is 75.9 Å². The van der Waals surface area contributed by atoms with E-state index in [1.807, 2.05) is 52.0 Å². The fourth-order valence-corrected chi connectivity index (χ4v) is 7.14. The second-order valence-electron chi connectivity index (χ2n) is 11.4. The van der Waals surface area contributed by atoms with Gasteiger partial charge in [0.15, 0.2) is 5.17 Å². The van der Waals surface area contributed by atoms with Gasteiger partial charge in [0.25, 0.3) is 0 Å². The number of phenolic OH excluding ortho intramolecular Hbond substituents is 1. The van der Waals surface area contributed by atoms with Crippen molar-refractivity contribution in [3.8, 4) is 11.5 Å². The van der Waals surface area contributed by atoms with E-state index in [0.717, 1.165) is 64.4 Å². The van der Waals surface area contributed by atoms with Crippen LogP contribution in [0.2, 0.25) is 0 Å². The third-order valence-corrected chi connectivity index (χ3v) is 9.85. The molecule has 2 amide bonds. The molecule has 0 saturated heterocycles. The van der Waals surface area contributed by atoms with Gasteiger partial charge in [0, 0.05) is 17.4 Å². The van der Waals surface area contributed by atoms with Crippen LogP contribution < -0.4 is 15.4 Å². The second-order valence-corrected chi connectivity index (χ2v) is 13.4. The molecule has 1 aromatic heterocycles. The number of benzene rings is 2. The van der Waals surface area contributed by atoms with Gasteiger partial charge in [-0.1, -0.05) is 67.3 Å². The highest BCUT2D eigenvalue weighted by atomic mass is 32.2. The number of anilines is 1. The molecule has 4 rings (SSSR count). The first-order chi connectivity index (χ1) is 21.6. The highest BCUT2D eigenvalue weighted by molar-refractivity contribution is 8.13. The SMILES string of the molecule is C=C(CC)N=C(NC(=O)Cc1ccc(C)c(O)c1)SCC1CCCC(c2nnc(NC(=O)Cc3ccc(C)c(OCC)c3)s2)C1. The number of phenols is 1. The van der Waals surface area contributed by atoms with E-state index in [9.17, 15) is 14.7 Å². The number of aromatic nitrogens is 2. The van der Waals surface area contributed by atoms with Crippen molar-refractivity contribution in [1.82, 2.24) is 15.5 Å². The largest absolute Gasteiger partial charge is 0.508 e. The summed E-state index contributed by atoms with van der Waals surface area (Å²) in [6.45, 7) is 12.3. The Kier molecular flexibility index (Phi) is 12.6. The summed E-state index contributed by atoms with van der Waals surface area (Å²) in [5.41, 5.74) is 4.13. The van der Waals surface area contributed by atoms with Crippen molar-refractivity contribution in [2.75, 3.05) is 17.7 Å². The Balaban J connectivity index is 1.30. The number of rotatable bonds is 12. The summed E-state index contributed by atoms with van der Waals surface area (Å²) >= 11 is 2.99. The van der Waals surface area contributed by atoms with Gasteiger partial charge in [0.05, 0.1) is 19.4 Å². The lowest BCUT2D eigenvalue weighted by atomic mass is 9.83. The number of carbonyl (C=O) groups excluding carboxylic acids is 2. The van der Waals surface area contributed by atoms with E-state index in [1.54, 1.807) is 23.9 Å². The number of hydrogen-bond donors (Lipinski definition) is 3. The molecule has 9 nitrogen and oxygen atoms in total. The third-order valence-electron chi connectivity index (χ3n) is 7.74. The van der Waals surface area contributed by atoms with Crippen LogP contribution in [0, 0.1) is 19.8 Å². The van der Waals surface area contributed by atoms with Crippen LogP contribution in [-0.4, -0.2) is 44.6 Å². The molecule has 45 heavy (non-hydrogen) atoms. The number of amidine groups is 1. The van der Waals surface area contributed by atoms with Crippen LogP contribution in [0.5, 0.6) is 11.5 Å². The molecule has 0 aliphatic heterocycles. The number of nitrogens with one attached hydrogen (secondary N) is 2. The molecule has 0 spiro atoms. The Morgan fingerprint density at radius 1 is 1.07 bits per heavy atom. The minimum atomic E-state index is -0.185. The van der Waals surface area contributed by atoms with Crippen molar-refractivity contribution in [1.29, 1.82) is 0 Å². The summed E-state index contributed by atoms with van der Waals surface area (Å²) in [6.07, 6.45) is 5.21. The molecule has 3 N–H and O–H groups in total. The van der Waals surface area contributed by atoms with Crippen LogP contribution in [0.1, 0.15) is 79.1 Å². The van der Waals surface area contributed by atoms with Crippen LogP contribution in [0.3, 0.4) is 0 Å². The fraction of sp³-hybridized carbons (Fsp3) is 0.441. The number of aliphatic imine (C=N–C) groups is 1. The lowest BCUT2D eigenvalue weighted by Crippen LogP contribution is -2.31. The van der Waals surface area contributed by atoms with Gasteiger partial charge in [0.2, 0.25) is 16.9 Å². The number of ether oxygens (including phenoxy) is 1. The molecular formula is C34H43N5O4S2. The quantitative estimate of drug-likeness (QED) is 0.141. The molecule has 2 atom stereocenters. The molecule has 0 bridgehead atoms. The van der Waals surface area contributed by atoms with Crippen molar-refractivity contribution < 1.29 is 19.4 Å². The van der Waals surface area contributed by atoms with Crippen LogP contribution >= 0.6 is 23.1 Å². The fourth-order valence-electron chi connectivity index (χ4n) is 5.16. The molecule has 0 radical (unpaired) electrons. The van der Waals surface area contributed by atoms with Gasteiger partial charge < -0.3 is 20.5 Å². The van der Waals surface area contributed by atoms with Crippen molar-refractivity contribution in [3.63, 3.8) is 0 Å². The first-order valence-corrected chi connectivity index (χ1v) is 17.3. The Labute approximate surface area is 274 Å². The Bertz CT molecular complexity index is 1540. The zero-order valence-corrected chi connectivity index (χ0v) is 28.2. The van der Waals surface area contributed by atoms with E-state index in [-0.39, 0.29) is 36.3 Å². The van der Waals surface area contributed by atoms with E-state index in [0.29, 0.717) is 34.9 Å². The first kappa shape index (κ1) is 34.2. The zero-order valence-electron chi connectivity index (χ0n) is 26.5. The standard InChI is InChI=1S/C34H43N5O4S2/c1-6-23(5)35-33(36-30(41)18-24-13-11-21(3)28(40)16-24)44-20-26-9-8-10-27(15-26)32-38-39-34(45-32)37-31(42)19-25-14-12-22(4)29(17-25)43-7-2/h11-14,16-17,26-27,40H,5-10,15,18-20H2,1-4H3,(H,35,36,41)(H,37,39,42). The maximum atomic E-state index is 12.8. The summed E-state index contributed by atoms with van der Waals surface area (Å²) in [5.74, 6) is 2.15. The number of nitrogens with zero attached hydrogens (tertiary/aromatic N) is 3. The van der Waals surface area contributed by atoms with Gasteiger partial charge in [0.1, 0.15) is 16.5 Å². The Hall–Kier alpha value is -3.70. The smallest absolute Gasteiger partial charge is 0.230 e. The average molecular weight is 650 g/mol. The van der Waals surface area contributed by atoms with E-state index in [2.05, 4.69) is 32.4 Å². The summed E-state index contributed by atoms with van der Waals surface area (Å²) in [5, 5.41) is 26.6. The molecule has 1 saturated carbocycles. The average Bonchev–Trinajstić information content (AvgIpc) is 3.48. The normalized spacial score (nSPS) is 16.7. The minimum Gasteiger partial charge on any atom is -0.508 e. The zero-order chi connectivity index (χ0) is 32.3. The molecule has 1 heterocycles. The number of hydrogen-bond acceptors (Lipinski definition) is 9. The summed E-state index contributed by atoms with van der Waals surface area (Å²) in [4.78, 5) is 30.2. The van der Waals surface area contributed by atoms with Crippen molar-refractivity contribution >= 4 is 45.2 Å². The van der Waals surface area contributed by atoms with Crippen molar-refractivity contribution in [2.45, 2.75) is 78.6 Å². The number of allylic oxidation sites excluding steroid dienone is 1. The van der Waals surface area contributed by atoms with Gasteiger partial charge in [-0.3, -0.25) is 9.59 Å². The lowest BCUT2D eigenvalue weighted by Gasteiger charge is -2.27. The highest BCUT2D eigenvalue weighted by Gasteiger charge is 2.27. The number of thioether (sulfide) groups is 1. The van der Waals surface area contributed by atoms with E-state index in [1.165, 1.54) is 11.3 Å². The summed E-state index contributed by atoms with van der Waals surface area (Å²) in [7, 11) is 0. The highest BCUT2D eigenvalue weighted by Crippen LogP contribution is 2.39. The van der Waals surface area contributed by atoms with Gasteiger partial charge in [-0.25, -0.2) is 4.99 Å². The topological polar surface area (TPSA) is 126 Å². The van der Waals surface area contributed by atoms with Gasteiger partial charge in [-0.05, 0) is 86.8 Å². The maximum absolute atomic E-state index is 12.8. The van der Waals surface area contributed by atoms with Crippen LogP contribution in [0.15, 0.2) is 53.7 Å². The Morgan fingerprint density at radius 3 is 2.53 bits per heavy atom. The molecule has 1 aliphatic carbocycles. The van der Waals surface area contributed by atoms with E-state index >= 15 is 0 Å². The molecule has 240 valence electrons. The number of carbonyl (C=O) groups is 2. The summed E-state index contributed by atoms with van der Waals surface area (Å²) in [6, 6.07) is 11.1. The number of amides is 2. The van der Waals surface area contributed by atoms with Gasteiger partial charge in [-0.2, -0.15) is 0 Å². The van der Waals surface area contributed by atoms with Crippen LogP contribution in [0.4, 0.5) is 5.13 Å². The minimum absolute atomic E-state index is 0.136. The molecule has 11 heteroatoms. The number of aromatic hydroxyl groups is 1. The Morgan fingerprint density at radius 2 is 1.80 bits per heavy atom. The molecule has 3 aromatic rings. The summed E-state index contributed by atoms with van der Waals surface area (Å²) < 4.78 is 5.66. The lowest BCUT2D eigenvalue weighted by molar-refractivity contribution is -0.119. The molecular weight excluding hydrogens is 607 g/mol. The molecule has 1 fully saturated rings. The predicted molar refractivity (Wildman–Crippen MR) is 183 cm³/mol. The second kappa shape index (κ2) is 16.6. The maximum Gasteiger partial charge on any atom is 0.230 e. The monoisotopic (exact) mass is 649 g/mol. The van der Waals surface area contributed by atoms with Crippen LogP contribution in [-0.2, 0) is 22.4 Å². The van der Waals surface area contributed by atoms with Crippen molar-refractivity contribution in [2.24, 2.45) is 10.9 Å².